The van der Waals surface area contributed by atoms with Crippen LogP contribution < -0.4 is 20.1 Å². The van der Waals surface area contributed by atoms with Crippen molar-refractivity contribution in [1.29, 1.82) is 0 Å². The summed E-state index contributed by atoms with van der Waals surface area (Å²) in [4.78, 5) is 17.4. The Kier molecular flexibility index (Phi) is 5.22. The number of aromatic nitrogens is 2. The molecule has 1 aromatic carbocycles. The second-order valence-electron chi connectivity index (χ2n) is 6.53. The van der Waals surface area contributed by atoms with Gasteiger partial charge in [0.05, 0.1) is 19.8 Å². The molecule has 2 aromatic rings. The van der Waals surface area contributed by atoms with E-state index in [0.717, 1.165) is 55.6 Å². The molecule has 1 aromatic heterocycles. The lowest BCUT2D eigenvalue weighted by Gasteiger charge is -2.35. The minimum absolute atomic E-state index is 0.518. The fraction of sp³-hybridized carbons (Fsp3) is 0.421. The van der Waals surface area contributed by atoms with Crippen molar-refractivity contribution >= 4 is 11.9 Å². The molecular weight excluding hydrogens is 344 g/mol. The van der Waals surface area contributed by atoms with Gasteiger partial charge in [0, 0.05) is 45.0 Å². The molecule has 0 spiro atoms. The molecule has 0 unspecified atom stereocenters. The number of rotatable bonds is 3. The molecule has 8 nitrogen and oxygen atoms in total. The van der Waals surface area contributed by atoms with Crippen molar-refractivity contribution in [3.8, 4) is 11.5 Å². The first-order valence-electron chi connectivity index (χ1n) is 9.25. The lowest BCUT2D eigenvalue weighted by atomic mass is 10.2. The molecule has 4 rings (SSSR count). The Morgan fingerprint density at radius 3 is 2.56 bits per heavy atom. The largest absolute Gasteiger partial charge is 0.490 e. The van der Waals surface area contributed by atoms with Crippen molar-refractivity contribution in [2.24, 2.45) is 10.7 Å². The highest BCUT2D eigenvalue weighted by Gasteiger charge is 2.20. The van der Waals surface area contributed by atoms with E-state index >= 15 is 0 Å². The van der Waals surface area contributed by atoms with Crippen LogP contribution in [0.1, 0.15) is 12.0 Å². The highest BCUT2D eigenvalue weighted by Crippen LogP contribution is 2.30. The van der Waals surface area contributed by atoms with Crippen molar-refractivity contribution in [3.05, 3.63) is 42.2 Å². The minimum Gasteiger partial charge on any atom is -0.490 e. The lowest BCUT2D eigenvalue weighted by molar-refractivity contribution is 0.297. The van der Waals surface area contributed by atoms with Crippen LogP contribution in [0.25, 0.3) is 0 Å². The van der Waals surface area contributed by atoms with Crippen LogP contribution in [0.15, 0.2) is 41.7 Å². The van der Waals surface area contributed by atoms with Crippen LogP contribution in [0.2, 0.25) is 0 Å². The molecule has 0 bridgehead atoms. The molecule has 3 heterocycles. The SMILES string of the molecule is NC(=NCc1ccc2c(c1)OCCCO2)N1CCN(c2ncccn2)CC1. The Balaban J connectivity index is 1.34. The van der Waals surface area contributed by atoms with Gasteiger partial charge in [-0.05, 0) is 23.8 Å². The number of hydrogen-bond acceptors (Lipinski definition) is 6. The fourth-order valence-corrected chi connectivity index (χ4v) is 3.17. The molecule has 2 aliphatic heterocycles. The van der Waals surface area contributed by atoms with E-state index in [-0.39, 0.29) is 0 Å². The van der Waals surface area contributed by atoms with E-state index in [1.165, 1.54) is 0 Å². The number of hydrogen-bond donors (Lipinski definition) is 1. The fourth-order valence-electron chi connectivity index (χ4n) is 3.17. The summed E-state index contributed by atoms with van der Waals surface area (Å²) in [6, 6.07) is 7.77. The maximum absolute atomic E-state index is 6.21. The summed E-state index contributed by atoms with van der Waals surface area (Å²) >= 11 is 0. The third-order valence-electron chi connectivity index (χ3n) is 4.67. The summed E-state index contributed by atoms with van der Waals surface area (Å²) in [5.74, 6) is 2.92. The molecule has 0 radical (unpaired) electrons. The molecule has 0 atom stereocenters. The van der Waals surface area contributed by atoms with Crippen LogP contribution >= 0.6 is 0 Å². The molecule has 8 heteroatoms. The Labute approximate surface area is 158 Å². The Morgan fingerprint density at radius 1 is 1.04 bits per heavy atom. The van der Waals surface area contributed by atoms with Crippen LogP contribution in [-0.4, -0.2) is 60.2 Å². The summed E-state index contributed by atoms with van der Waals surface area (Å²) < 4.78 is 11.4. The molecule has 2 N–H and O–H groups in total. The van der Waals surface area contributed by atoms with Crippen molar-refractivity contribution < 1.29 is 9.47 Å². The van der Waals surface area contributed by atoms with Gasteiger partial charge in [0.25, 0.3) is 0 Å². The lowest BCUT2D eigenvalue weighted by Crippen LogP contribution is -2.51. The smallest absolute Gasteiger partial charge is 0.225 e. The van der Waals surface area contributed by atoms with Crippen molar-refractivity contribution in [2.45, 2.75) is 13.0 Å². The summed E-state index contributed by atoms with van der Waals surface area (Å²) in [5, 5.41) is 0. The van der Waals surface area contributed by atoms with Crippen molar-refractivity contribution in [3.63, 3.8) is 0 Å². The van der Waals surface area contributed by atoms with Crippen LogP contribution in [0.3, 0.4) is 0 Å². The molecule has 0 amide bonds. The van der Waals surface area contributed by atoms with Gasteiger partial charge >= 0.3 is 0 Å². The predicted molar refractivity (Wildman–Crippen MR) is 103 cm³/mol. The average molecular weight is 368 g/mol. The van der Waals surface area contributed by atoms with Crippen LogP contribution in [0.4, 0.5) is 5.95 Å². The summed E-state index contributed by atoms with van der Waals surface area (Å²) in [7, 11) is 0. The van der Waals surface area contributed by atoms with E-state index in [1.54, 1.807) is 12.4 Å². The standard InChI is InChI=1S/C19H24N6O2/c20-18(24-7-9-25(10-8-24)19-21-5-1-6-22-19)23-14-15-3-4-16-17(13-15)27-12-2-11-26-16/h1,3-6,13H,2,7-12,14H2,(H2,20,23). The first kappa shape index (κ1) is 17.4. The minimum atomic E-state index is 0.518. The first-order valence-corrected chi connectivity index (χ1v) is 9.25. The monoisotopic (exact) mass is 368 g/mol. The van der Waals surface area contributed by atoms with Gasteiger partial charge in [-0.1, -0.05) is 6.07 Å². The number of piperazine rings is 1. The normalized spacial score (nSPS) is 17.6. The molecular formula is C19H24N6O2. The third-order valence-corrected chi connectivity index (χ3v) is 4.67. The maximum Gasteiger partial charge on any atom is 0.225 e. The van der Waals surface area contributed by atoms with E-state index in [4.69, 9.17) is 15.2 Å². The zero-order chi connectivity index (χ0) is 18.5. The van der Waals surface area contributed by atoms with Gasteiger partial charge in [-0.3, -0.25) is 0 Å². The Bertz CT molecular complexity index is 790. The highest BCUT2D eigenvalue weighted by atomic mass is 16.5. The van der Waals surface area contributed by atoms with Gasteiger partial charge in [-0.15, -0.1) is 0 Å². The summed E-state index contributed by atoms with van der Waals surface area (Å²) in [5.41, 5.74) is 7.27. The molecule has 142 valence electrons. The van der Waals surface area contributed by atoms with Gasteiger partial charge in [0.1, 0.15) is 0 Å². The highest BCUT2D eigenvalue weighted by molar-refractivity contribution is 5.78. The van der Waals surface area contributed by atoms with Crippen LogP contribution in [0, 0.1) is 0 Å². The molecule has 0 saturated carbocycles. The van der Waals surface area contributed by atoms with Crippen molar-refractivity contribution in [2.75, 3.05) is 44.3 Å². The molecule has 1 fully saturated rings. The molecule has 27 heavy (non-hydrogen) atoms. The number of aliphatic imine (C=N–C) groups is 1. The van der Waals surface area contributed by atoms with E-state index in [0.29, 0.717) is 25.7 Å². The third kappa shape index (κ3) is 4.21. The van der Waals surface area contributed by atoms with E-state index < -0.39 is 0 Å². The van der Waals surface area contributed by atoms with E-state index in [9.17, 15) is 0 Å². The quantitative estimate of drug-likeness (QED) is 0.645. The molecule has 0 aliphatic carbocycles. The van der Waals surface area contributed by atoms with Crippen LogP contribution in [0.5, 0.6) is 11.5 Å². The van der Waals surface area contributed by atoms with Gasteiger partial charge in [-0.2, -0.15) is 0 Å². The zero-order valence-corrected chi connectivity index (χ0v) is 15.3. The summed E-state index contributed by atoms with van der Waals surface area (Å²) in [6.45, 7) is 5.14. The number of nitrogens with two attached hydrogens (primary N) is 1. The topological polar surface area (TPSA) is 89.1 Å². The van der Waals surface area contributed by atoms with Gasteiger partial charge < -0.3 is 25.0 Å². The maximum atomic E-state index is 6.21. The second-order valence-corrected chi connectivity index (χ2v) is 6.53. The number of guanidine groups is 1. The van der Waals surface area contributed by atoms with E-state index in [2.05, 4.69) is 24.8 Å². The van der Waals surface area contributed by atoms with E-state index in [1.807, 2.05) is 24.3 Å². The number of nitrogens with zero attached hydrogens (tertiary/aromatic N) is 5. The van der Waals surface area contributed by atoms with Crippen LogP contribution in [-0.2, 0) is 6.54 Å². The second kappa shape index (κ2) is 8.11. The average Bonchev–Trinajstić information content (AvgIpc) is 2.98. The summed E-state index contributed by atoms with van der Waals surface area (Å²) in [6.07, 6.45) is 4.43. The Hall–Kier alpha value is -3.03. The van der Waals surface area contributed by atoms with Gasteiger partial charge in [0.2, 0.25) is 5.95 Å². The number of anilines is 1. The van der Waals surface area contributed by atoms with Gasteiger partial charge in [-0.25, -0.2) is 15.0 Å². The van der Waals surface area contributed by atoms with Crippen molar-refractivity contribution in [1.82, 2.24) is 14.9 Å². The Morgan fingerprint density at radius 2 is 1.78 bits per heavy atom. The van der Waals surface area contributed by atoms with Gasteiger partial charge in [0.15, 0.2) is 17.5 Å². The number of ether oxygens (including phenoxy) is 2. The molecule has 2 aliphatic rings. The first-order chi connectivity index (χ1) is 13.3. The number of benzene rings is 1. The molecule has 1 saturated heterocycles. The predicted octanol–water partition coefficient (Wildman–Crippen LogP) is 1.27. The number of fused-ring (bicyclic) bond motifs is 1. The zero-order valence-electron chi connectivity index (χ0n) is 15.3.